The number of halogens is 3. The van der Waals surface area contributed by atoms with Crippen LogP contribution in [0.4, 0.5) is 18.9 Å². The van der Waals surface area contributed by atoms with E-state index in [1.165, 1.54) is 28.3 Å². The molecule has 1 fully saturated rings. The first-order valence-electron chi connectivity index (χ1n) is 6.15. The molecule has 1 saturated heterocycles. The quantitative estimate of drug-likeness (QED) is 0.881. The molecule has 0 atom stereocenters. The Balaban J connectivity index is 1.94. The van der Waals surface area contributed by atoms with Gasteiger partial charge in [0.05, 0.1) is 12.1 Å². The Bertz CT molecular complexity index is 484. The van der Waals surface area contributed by atoms with E-state index in [-0.39, 0.29) is 37.6 Å². The highest BCUT2D eigenvalue weighted by Crippen LogP contribution is 2.18. The lowest BCUT2D eigenvalue weighted by Gasteiger charge is -2.35. The maximum Gasteiger partial charge on any atom is 0.401 e. The minimum Gasteiger partial charge on any atom is -0.398 e. The number of carbonyl (C=O) groups excluding carboxylic acids is 1. The van der Waals surface area contributed by atoms with Crippen LogP contribution >= 0.6 is 0 Å². The topological polar surface area (TPSA) is 62.5 Å². The van der Waals surface area contributed by atoms with E-state index in [4.69, 9.17) is 5.73 Å². The molecular weight excluding hydrogens is 273 g/mol. The summed E-state index contributed by atoms with van der Waals surface area (Å²) in [7, 11) is 0. The van der Waals surface area contributed by atoms with Gasteiger partial charge >= 0.3 is 6.18 Å². The summed E-state index contributed by atoms with van der Waals surface area (Å²) in [6.07, 6.45) is -1.35. The van der Waals surface area contributed by atoms with Crippen molar-refractivity contribution in [3.63, 3.8) is 0 Å². The lowest BCUT2D eigenvalue weighted by atomic mass is 10.2. The molecule has 1 aliphatic rings. The number of anilines is 1. The van der Waals surface area contributed by atoms with Gasteiger partial charge in [-0.15, -0.1) is 0 Å². The maximum atomic E-state index is 12.3. The minimum atomic E-state index is -4.21. The van der Waals surface area contributed by atoms with Crippen molar-refractivity contribution in [2.45, 2.75) is 6.18 Å². The molecule has 2 heterocycles. The predicted octanol–water partition coefficient (Wildman–Crippen LogP) is 0.984. The molecule has 2 rings (SSSR count). The van der Waals surface area contributed by atoms with E-state index in [1.807, 2.05) is 0 Å². The average molecular weight is 288 g/mol. The number of hydrogen-bond donors (Lipinski definition) is 1. The number of aromatic nitrogens is 1. The van der Waals surface area contributed by atoms with Gasteiger partial charge in [0.25, 0.3) is 5.91 Å². The Morgan fingerprint density at radius 2 is 1.95 bits per heavy atom. The Kier molecular flexibility index (Phi) is 4.12. The van der Waals surface area contributed by atoms with E-state index >= 15 is 0 Å². The average Bonchev–Trinajstić information content (AvgIpc) is 2.37. The van der Waals surface area contributed by atoms with Gasteiger partial charge in [-0.05, 0) is 6.07 Å². The molecule has 1 aliphatic heterocycles. The Hall–Kier alpha value is -1.83. The highest BCUT2D eigenvalue weighted by molar-refractivity contribution is 5.98. The molecule has 1 aromatic rings. The van der Waals surface area contributed by atoms with Crippen molar-refractivity contribution in [1.82, 2.24) is 14.8 Å². The third kappa shape index (κ3) is 3.60. The molecule has 1 amide bonds. The smallest absolute Gasteiger partial charge is 0.398 e. The van der Waals surface area contributed by atoms with Gasteiger partial charge in [0, 0.05) is 44.3 Å². The molecule has 0 unspecified atom stereocenters. The summed E-state index contributed by atoms with van der Waals surface area (Å²) in [5.41, 5.74) is 6.30. The van der Waals surface area contributed by atoms with Crippen LogP contribution in [0.15, 0.2) is 18.5 Å². The Morgan fingerprint density at radius 1 is 1.30 bits per heavy atom. The summed E-state index contributed by atoms with van der Waals surface area (Å²) >= 11 is 0. The number of piperazine rings is 1. The SMILES string of the molecule is Nc1ccncc1C(=O)N1CCN(CC(F)(F)F)CC1. The molecule has 110 valence electrons. The number of nitrogens with two attached hydrogens (primary N) is 1. The summed E-state index contributed by atoms with van der Waals surface area (Å²) < 4.78 is 36.8. The Labute approximate surface area is 114 Å². The second kappa shape index (κ2) is 5.66. The van der Waals surface area contributed by atoms with Crippen molar-refractivity contribution in [3.05, 3.63) is 24.0 Å². The molecule has 8 heteroatoms. The van der Waals surface area contributed by atoms with Crippen LogP contribution in [0.5, 0.6) is 0 Å². The summed E-state index contributed by atoms with van der Waals surface area (Å²) in [6, 6.07) is 1.52. The van der Waals surface area contributed by atoms with Crippen LogP contribution in [-0.4, -0.2) is 59.6 Å². The summed E-state index contributed by atoms with van der Waals surface area (Å²) in [4.78, 5) is 18.8. The normalized spacial score (nSPS) is 17.2. The van der Waals surface area contributed by atoms with Gasteiger partial charge in [-0.3, -0.25) is 14.7 Å². The van der Waals surface area contributed by atoms with Crippen molar-refractivity contribution in [2.24, 2.45) is 0 Å². The number of carbonyl (C=O) groups is 1. The molecule has 0 bridgehead atoms. The first kappa shape index (κ1) is 14.6. The van der Waals surface area contributed by atoms with Gasteiger partial charge in [0.1, 0.15) is 0 Å². The third-order valence-corrected chi connectivity index (χ3v) is 3.15. The van der Waals surface area contributed by atoms with Crippen LogP contribution < -0.4 is 5.73 Å². The lowest BCUT2D eigenvalue weighted by molar-refractivity contribution is -0.148. The largest absolute Gasteiger partial charge is 0.401 e. The van der Waals surface area contributed by atoms with E-state index in [2.05, 4.69) is 4.98 Å². The fourth-order valence-electron chi connectivity index (χ4n) is 2.12. The van der Waals surface area contributed by atoms with Gasteiger partial charge in [-0.1, -0.05) is 0 Å². The van der Waals surface area contributed by atoms with Crippen LogP contribution in [0.2, 0.25) is 0 Å². The third-order valence-electron chi connectivity index (χ3n) is 3.15. The second-order valence-corrected chi connectivity index (χ2v) is 4.65. The zero-order chi connectivity index (χ0) is 14.8. The summed E-state index contributed by atoms with van der Waals surface area (Å²) in [5, 5.41) is 0. The zero-order valence-electron chi connectivity index (χ0n) is 10.7. The highest BCUT2D eigenvalue weighted by Gasteiger charge is 2.33. The molecule has 0 aliphatic carbocycles. The fraction of sp³-hybridized carbons (Fsp3) is 0.500. The van der Waals surface area contributed by atoms with E-state index in [1.54, 1.807) is 0 Å². The van der Waals surface area contributed by atoms with Crippen molar-refractivity contribution in [1.29, 1.82) is 0 Å². The van der Waals surface area contributed by atoms with Crippen molar-refractivity contribution in [2.75, 3.05) is 38.5 Å². The van der Waals surface area contributed by atoms with Gasteiger partial charge in [0.2, 0.25) is 0 Å². The summed E-state index contributed by atoms with van der Waals surface area (Å²) in [5.74, 6) is -0.290. The van der Waals surface area contributed by atoms with E-state index in [0.717, 1.165) is 0 Å². The molecule has 1 aromatic heterocycles. The van der Waals surface area contributed by atoms with Gasteiger partial charge < -0.3 is 10.6 Å². The number of rotatable bonds is 2. The highest BCUT2D eigenvalue weighted by atomic mass is 19.4. The number of pyridine rings is 1. The van der Waals surface area contributed by atoms with Crippen LogP contribution in [0, 0.1) is 0 Å². The molecule has 2 N–H and O–H groups in total. The molecule has 20 heavy (non-hydrogen) atoms. The van der Waals surface area contributed by atoms with Crippen LogP contribution in [-0.2, 0) is 0 Å². The van der Waals surface area contributed by atoms with Crippen LogP contribution in [0.3, 0.4) is 0 Å². The fourth-order valence-corrected chi connectivity index (χ4v) is 2.12. The van der Waals surface area contributed by atoms with Crippen LogP contribution in [0.1, 0.15) is 10.4 Å². The standard InChI is InChI=1S/C12H15F3N4O/c13-12(14,15)8-18-3-5-19(6-4-18)11(20)9-7-17-2-1-10(9)16/h1-2,7H,3-6,8H2,(H2,16,17). The van der Waals surface area contributed by atoms with Gasteiger partial charge in [-0.2, -0.15) is 13.2 Å². The monoisotopic (exact) mass is 288 g/mol. The van der Waals surface area contributed by atoms with Gasteiger partial charge in [0.15, 0.2) is 0 Å². The number of nitrogen functional groups attached to an aromatic ring is 1. The zero-order valence-corrected chi connectivity index (χ0v) is 10.7. The lowest BCUT2D eigenvalue weighted by Crippen LogP contribution is -2.51. The minimum absolute atomic E-state index is 0.200. The molecule has 5 nitrogen and oxygen atoms in total. The first-order valence-corrected chi connectivity index (χ1v) is 6.15. The van der Waals surface area contributed by atoms with Crippen molar-refractivity contribution >= 4 is 11.6 Å². The second-order valence-electron chi connectivity index (χ2n) is 4.65. The van der Waals surface area contributed by atoms with E-state index in [0.29, 0.717) is 5.69 Å². The molecule has 0 spiro atoms. The maximum absolute atomic E-state index is 12.3. The number of amides is 1. The van der Waals surface area contributed by atoms with Gasteiger partial charge in [-0.25, -0.2) is 0 Å². The van der Waals surface area contributed by atoms with E-state index < -0.39 is 12.7 Å². The number of alkyl halides is 3. The Morgan fingerprint density at radius 3 is 2.50 bits per heavy atom. The summed E-state index contributed by atoms with van der Waals surface area (Å²) in [6.45, 7) is -0.0343. The van der Waals surface area contributed by atoms with E-state index in [9.17, 15) is 18.0 Å². The molecular formula is C12H15F3N4O. The number of nitrogens with zero attached hydrogens (tertiary/aromatic N) is 3. The van der Waals surface area contributed by atoms with Crippen LogP contribution in [0.25, 0.3) is 0 Å². The molecule has 0 saturated carbocycles. The predicted molar refractivity (Wildman–Crippen MR) is 67.0 cm³/mol. The van der Waals surface area contributed by atoms with Crippen molar-refractivity contribution < 1.29 is 18.0 Å². The van der Waals surface area contributed by atoms with Crippen molar-refractivity contribution in [3.8, 4) is 0 Å². The number of hydrogen-bond acceptors (Lipinski definition) is 4. The first-order chi connectivity index (χ1) is 9.37. The molecule has 0 radical (unpaired) electrons. The molecule has 0 aromatic carbocycles.